The van der Waals surface area contributed by atoms with Crippen LogP contribution in [-0.4, -0.2) is 31.7 Å². The van der Waals surface area contributed by atoms with Crippen molar-refractivity contribution in [1.82, 2.24) is 4.31 Å². The van der Waals surface area contributed by atoms with Crippen molar-refractivity contribution in [2.24, 2.45) is 5.92 Å². The number of benzene rings is 3. The third kappa shape index (κ3) is 3.66. The van der Waals surface area contributed by atoms with E-state index in [9.17, 15) is 13.2 Å². The number of piperidine rings is 1. The van der Waals surface area contributed by atoms with Gasteiger partial charge < -0.3 is 5.32 Å². The van der Waals surface area contributed by atoms with Gasteiger partial charge in [0.15, 0.2) is 0 Å². The molecule has 28 heavy (non-hydrogen) atoms. The molecule has 6 heteroatoms. The first-order chi connectivity index (χ1) is 13.6. The number of hydrogen-bond acceptors (Lipinski definition) is 3. The molecule has 0 unspecified atom stereocenters. The summed E-state index contributed by atoms with van der Waals surface area (Å²) in [5.41, 5.74) is 0.756. The molecular weight excluding hydrogens is 372 g/mol. The monoisotopic (exact) mass is 394 g/mol. The van der Waals surface area contributed by atoms with E-state index in [0.717, 1.165) is 16.5 Å². The van der Waals surface area contributed by atoms with Gasteiger partial charge in [0.2, 0.25) is 15.9 Å². The van der Waals surface area contributed by atoms with Crippen LogP contribution in [0.15, 0.2) is 77.7 Å². The van der Waals surface area contributed by atoms with E-state index in [0.29, 0.717) is 19.4 Å². The number of amides is 1. The van der Waals surface area contributed by atoms with Crippen LogP contribution >= 0.6 is 0 Å². The van der Waals surface area contributed by atoms with Gasteiger partial charge >= 0.3 is 0 Å². The van der Waals surface area contributed by atoms with E-state index < -0.39 is 10.0 Å². The van der Waals surface area contributed by atoms with Gasteiger partial charge in [0.25, 0.3) is 0 Å². The van der Waals surface area contributed by atoms with Crippen molar-refractivity contribution in [2.45, 2.75) is 17.7 Å². The SMILES string of the molecule is O=C(Nc1cccc2ccccc12)[C@H]1CCCN(S(=O)(=O)c2ccccc2)C1. The van der Waals surface area contributed by atoms with Crippen LogP contribution in [0.25, 0.3) is 10.8 Å². The minimum atomic E-state index is -3.58. The van der Waals surface area contributed by atoms with Crippen molar-refractivity contribution < 1.29 is 13.2 Å². The number of rotatable bonds is 4. The second-order valence-electron chi connectivity index (χ2n) is 7.03. The Balaban J connectivity index is 1.52. The van der Waals surface area contributed by atoms with Crippen LogP contribution in [0, 0.1) is 5.92 Å². The number of anilines is 1. The number of nitrogens with one attached hydrogen (secondary N) is 1. The largest absolute Gasteiger partial charge is 0.325 e. The van der Waals surface area contributed by atoms with Crippen LogP contribution in [0.3, 0.4) is 0 Å². The third-order valence-electron chi connectivity index (χ3n) is 5.18. The lowest BCUT2D eigenvalue weighted by Crippen LogP contribution is -2.43. The molecule has 1 N–H and O–H groups in total. The normalized spacial score (nSPS) is 18.1. The smallest absolute Gasteiger partial charge is 0.243 e. The fourth-order valence-corrected chi connectivity index (χ4v) is 5.23. The highest BCUT2D eigenvalue weighted by Gasteiger charge is 2.33. The summed E-state index contributed by atoms with van der Waals surface area (Å²) in [6, 6.07) is 22.0. The molecule has 5 nitrogen and oxygen atoms in total. The van der Waals surface area contributed by atoms with Crippen LogP contribution in [0.1, 0.15) is 12.8 Å². The molecule has 0 bridgehead atoms. The van der Waals surface area contributed by atoms with E-state index in [4.69, 9.17) is 0 Å². The zero-order valence-electron chi connectivity index (χ0n) is 15.4. The molecule has 1 aliphatic heterocycles. The summed E-state index contributed by atoms with van der Waals surface area (Å²) in [6.07, 6.45) is 1.34. The Hall–Kier alpha value is -2.70. The number of sulfonamides is 1. The number of hydrogen-bond donors (Lipinski definition) is 1. The quantitative estimate of drug-likeness (QED) is 0.730. The van der Waals surface area contributed by atoms with E-state index in [-0.39, 0.29) is 23.3 Å². The fraction of sp³-hybridized carbons (Fsp3) is 0.227. The zero-order chi connectivity index (χ0) is 19.6. The lowest BCUT2D eigenvalue weighted by molar-refractivity contribution is -0.120. The molecule has 4 rings (SSSR count). The Kier molecular flexibility index (Phi) is 5.15. The lowest BCUT2D eigenvalue weighted by Gasteiger charge is -2.31. The van der Waals surface area contributed by atoms with E-state index >= 15 is 0 Å². The fourth-order valence-electron chi connectivity index (χ4n) is 3.69. The summed E-state index contributed by atoms with van der Waals surface area (Å²) in [5.74, 6) is -0.504. The summed E-state index contributed by atoms with van der Waals surface area (Å²) >= 11 is 0. The Morgan fingerprint density at radius 2 is 1.64 bits per heavy atom. The van der Waals surface area contributed by atoms with Crippen molar-refractivity contribution in [3.63, 3.8) is 0 Å². The molecule has 3 aromatic carbocycles. The molecule has 3 aromatic rings. The minimum absolute atomic E-state index is 0.135. The average Bonchev–Trinajstić information content (AvgIpc) is 2.75. The van der Waals surface area contributed by atoms with E-state index in [1.165, 1.54) is 4.31 Å². The predicted octanol–water partition coefficient (Wildman–Crippen LogP) is 3.88. The Labute approximate surface area is 165 Å². The van der Waals surface area contributed by atoms with Gasteiger partial charge in [-0.25, -0.2) is 8.42 Å². The molecule has 0 radical (unpaired) electrons. The van der Waals surface area contributed by atoms with E-state index in [2.05, 4.69) is 5.32 Å². The molecular formula is C22H22N2O3S. The van der Waals surface area contributed by atoms with Gasteiger partial charge in [0.05, 0.1) is 10.8 Å². The molecule has 1 heterocycles. The molecule has 0 aromatic heterocycles. The molecule has 1 aliphatic rings. The first-order valence-electron chi connectivity index (χ1n) is 9.39. The molecule has 1 saturated heterocycles. The summed E-state index contributed by atoms with van der Waals surface area (Å²) in [5, 5.41) is 5.03. The first kappa shape index (κ1) is 18.7. The van der Waals surface area contributed by atoms with Crippen LogP contribution < -0.4 is 5.32 Å². The topological polar surface area (TPSA) is 66.5 Å². The van der Waals surface area contributed by atoms with Crippen LogP contribution in [0.2, 0.25) is 0 Å². The van der Waals surface area contributed by atoms with Gasteiger partial charge in [0.1, 0.15) is 0 Å². The Bertz CT molecular complexity index is 1090. The van der Waals surface area contributed by atoms with Gasteiger partial charge in [-0.15, -0.1) is 0 Å². The van der Waals surface area contributed by atoms with Gasteiger partial charge in [-0.3, -0.25) is 4.79 Å². The highest BCUT2D eigenvalue weighted by Crippen LogP contribution is 2.27. The minimum Gasteiger partial charge on any atom is -0.325 e. The molecule has 1 fully saturated rings. The molecule has 144 valence electrons. The summed E-state index contributed by atoms with van der Waals surface area (Å²) < 4.78 is 27.2. The van der Waals surface area contributed by atoms with Crippen LogP contribution in [-0.2, 0) is 14.8 Å². The van der Waals surface area contributed by atoms with Gasteiger partial charge in [0, 0.05) is 24.2 Å². The number of carbonyl (C=O) groups is 1. The summed E-state index contributed by atoms with van der Waals surface area (Å²) in [7, 11) is -3.58. The highest BCUT2D eigenvalue weighted by molar-refractivity contribution is 7.89. The standard InChI is InChI=1S/C22H22N2O3S/c25-22(23-21-14-6-9-17-8-4-5-13-20(17)21)18-10-7-15-24(16-18)28(26,27)19-11-2-1-3-12-19/h1-6,8-9,11-14,18H,7,10,15-16H2,(H,23,25)/t18-/m0/s1. The number of nitrogens with zero attached hydrogens (tertiary/aromatic N) is 1. The Morgan fingerprint density at radius 3 is 2.46 bits per heavy atom. The Morgan fingerprint density at radius 1 is 0.929 bits per heavy atom. The third-order valence-corrected chi connectivity index (χ3v) is 7.06. The van der Waals surface area contributed by atoms with Gasteiger partial charge in [-0.05, 0) is 36.4 Å². The van der Waals surface area contributed by atoms with Crippen LogP contribution in [0.4, 0.5) is 5.69 Å². The van der Waals surface area contributed by atoms with Gasteiger partial charge in [-0.2, -0.15) is 4.31 Å². The maximum absolute atomic E-state index is 12.9. The van der Waals surface area contributed by atoms with Crippen molar-refractivity contribution in [1.29, 1.82) is 0 Å². The average molecular weight is 394 g/mol. The maximum Gasteiger partial charge on any atom is 0.243 e. The highest BCUT2D eigenvalue weighted by atomic mass is 32.2. The van der Waals surface area contributed by atoms with Crippen molar-refractivity contribution >= 4 is 32.4 Å². The van der Waals surface area contributed by atoms with E-state index in [1.807, 2.05) is 42.5 Å². The number of fused-ring (bicyclic) bond motifs is 1. The van der Waals surface area contributed by atoms with E-state index in [1.54, 1.807) is 30.3 Å². The molecule has 1 atom stereocenters. The lowest BCUT2D eigenvalue weighted by atomic mass is 9.98. The maximum atomic E-state index is 12.9. The second-order valence-corrected chi connectivity index (χ2v) is 8.97. The molecule has 0 spiro atoms. The zero-order valence-corrected chi connectivity index (χ0v) is 16.2. The second kappa shape index (κ2) is 7.73. The molecule has 1 amide bonds. The summed E-state index contributed by atoms with van der Waals surface area (Å²) in [4.78, 5) is 13.2. The summed E-state index contributed by atoms with van der Waals surface area (Å²) in [6.45, 7) is 0.642. The van der Waals surface area contributed by atoms with Crippen molar-refractivity contribution in [3.8, 4) is 0 Å². The molecule has 0 aliphatic carbocycles. The van der Waals surface area contributed by atoms with Gasteiger partial charge in [-0.1, -0.05) is 54.6 Å². The van der Waals surface area contributed by atoms with Crippen molar-refractivity contribution in [2.75, 3.05) is 18.4 Å². The first-order valence-corrected chi connectivity index (χ1v) is 10.8. The predicted molar refractivity (Wildman–Crippen MR) is 111 cm³/mol. The van der Waals surface area contributed by atoms with Crippen LogP contribution in [0.5, 0.6) is 0 Å². The number of carbonyl (C=O) groups excluding carboxylic acids is 1. The molecule has 0 saturated carbocycles. The van der Waals surface area contributed by atoms with Crippen molar-refractivity contribution in [3.05, 3.63) is 72.8 Å².